The summed E-state index contributed by atoms with van der Waals surface area (Å²) in [6, 6.07) is 0. The first-order valence-corrected chi connectivity index (χ1v) is 6.49. The molecule has 0 aliphatic carbocycles. The van der Waals surface area contributed by atoms with Gasteiger partial charge in [0.05, 0.1) is 0 Å². The number of alkyl halides is 1. The molecule has 0 aliphatic heterocycles. The van der Waals surface area contributed by atoms with Crippen molar-refractivity contribution < 1.29 is 0 Å². The maximum Gasteiger partial charge on any atom is 0.00314 e. The van der Waals surface area contributed by atoms with Crippen LogP contribution in [0.3, 0.4) is 0 Å². The smallest absolute Gasteiger partial charge is 0.00314 e. The monoisotopic (exact) mass is 234 g/mol. The van der Waals surface area contributed by atoms with Crippen molar-refractivity contribution in [2.45, 2.75) is 58.8 Å². The predicted octanol–water partition coefficient (Wildman–Crippen LogP) is 4.77. The van der Waals surface area contributed by atoms with Crippen molar-refractivity contribution in [2.24, 2.45) is 5.92 Å². The van der Waals surface area contributed by atoms with E-state index in [1.165, 1.54) is 50.3 Å². The molecule has 0 rings (SSSR count). The second-order valence-corrected chi connectivity index (χ2v) is 4.58. The average molecular weight is 235 g/mol. The summed E-state index contributed by atoms with van der Waals surface area (Å²) in [7, 11) is 0. The zero-order valence-corrected chi connectivity index (χ0v) is 10.2. The summed E-state index contributed by atoms with van der Waals surface area (Å²) in [6.07, 6.45) is 9.84. The molecule has 0 aromatic rings. The minimum atomic E-state index is 0.944. The van der Waals surface area contributed by atoms with E-state index in [1.807, 2.05) is 0 Å². The molecule has 0 heterocycles. The summed E-state index contributed by atoms with van der Waals surface area (Å²) >= 11 is 3.47. The zero-order chi connectivity index (χ0) is 9.23. The fourth-order valence-electron chi connectivity index (χ4n) is 1.49. The normalized spacial score (nSPS) is 13.2. The Morgan fingerprint density at radius 2 is 1.67 bits per heavy atom. The van der Waals surface area contributed by atoms with Crippen LogP contribution >= 0.6 is 15.9 Å². The number of unbranched alkanes of at least 4 members (excludes halogenated alkanes) is 3. The number of rotatable bonds is 8. The van der Waals surface area contributed by atoms with Gasteiger partial charge in [-0.1, -0.05) is 61.9 Å². The van der Waals surface area contributed by atoms with Gasteiger partial charge in [-0.25, -0.2) is 0 Å². The van der Waals surface area contributed by atoms with Crippen LogP contribution in [0.5, 0.6) is 0 Å². The SMILES string of the molecule is CCCCCC[C@@H](C)CCCBr. The second kappa shape index (κ2) is 9.57. The highest BCUT2D eigenvalue weighted by molar-refractivity contribution is 9.09. The summed E-state index contributed by atoms with van der Waals surface area (Å²) in [4.78, 5) is 0. The second-order valence-electron chi connectivity index (χ2n) is 3.79. The maximum atomic E-state index is 3.47. The Bertz CT molecular complexity index is 81.1. The van der Waals surface area contributed by atoms with Crippen molar-refractivity contribution in [3.63, 3.8) is 0 Å². The van der Waals surface area contributed by atoms with Crippen LogP contribution in [0.15, 0.2) is 0 Å². The molecule has 0 aliphatic rings. The van der Waals surface area contributed by atoms with Gasteiger partial charge in [0.1, 0.15) is 0 Å². The molecular weight excluding hydrogens is 212 g/mol. The van der Waals surface area contributed by atoms with E-state index in [1.54, 1.807) is 0 Å². The summed E-state index contributed by atoms with van der Waals surface area (Å²) in [6.45, 7) is 4.66. The summed E-state index contributed by atoms with van der Waals surface area (Å²) in [5, 5.41) is 1.17. The first-order chi connectivity index (χ1) is 5.81. The van der Waals surface area contributed by atoms with E-state index in [0.717, 1.165) is 5.92 Å². The molecule has 0 N–H and O–H groups in total. The van der Waals surface area contributed by atoms with Crippen molar-refractivity contribution in [3.05, 3.63) is 0 Å². The van der Waals surface area contributed by atoms with Crippen LogP contribution in [0.4, 0.5) is 0 Å². The highest BCUT2D eigenvalue weighted by Gasteiger charge is 2.00. The molecule has 0 saturated heterocycles. The Kier molecular flexibility index (Phi) is 9.95. The van der Waals surface area contributed by atoms with Crippen molar-refractivity contribution in [3.8, 4) is 0 Å². The molecule has 0 nitrogen and oxygen atoms in total. The molecule has 0 bridgehead atoms. The lowest BCUT2D eigenvalue weighted by Gasteiger charge is -2.09. The molecule has 0 saturated carbocycles. The number of hydrogen-bond acceptors (Lipinski definition) is 0. The molecule has 74 valence electrons. The molecule has 0 fully saturated rings. The van der Waals surface area contributed by atoms with Gasteiger partial charge in [0, 0.05) is 5.33 Å². The van der Waals surface area contributed by atoms with Crippen LogP contribution in [0, 0.1) is 5.92 Å². The third kappa shape index (κ3) is 8.58. The number of halogens is 1. The van der Waals surface area contributed by atoms with Crippen LogP contribution in [0.25, 0.3) is 0 Å². The molecule has 0 spiro atoms. The van der Waals surface area contributed by atoms with E-state index in [2.05, 4.69) is 29.8 Å². The fourth-order valence-corrected chi connectivity index (χ4v) is 1.81. The molecule has 1 heteroatoms. The van der Waals surface area contributed by atoms with Crippen LogP contribution < -0.4 is 0 Å². The standard InChI is InChI=1S/C11H23Br/c1-3-4-5-6-8-11(2)9-7-10-12/h11H,3-10H2,1-2H3/t11-/m1/s1. The Hall–Kier alpha value is 0.480. The lowest BCUT2D eigenvalue weighted by molar-refractivity contribution is 0.457. The van der Waals surface area contributed by atoms with Gasteiger partial charge < -0.3 is 0 Å². The summed E-state index contributed by atoms with van der Waals surface area (Å²) in [5.74, 6) is 0.944. The van der Waals surface area contributed by atoms with Gasteiger partial charge in [-0.3, -0.25) is 0 Å². The minimum Gasteiger partial charge on any atom is -0.0928 e. The van der Waals surface area contributed by atoms with E-state index in [0.29, 0.717) is 0 Å². The Morgan fingerprint density at radius 1 is 1.00 bits per heavy atom. The molecule has 0 radical (unpaired) electrons. The van der Waals surface area contributed by atoms with Gasteiger partial charge in [0.25, 0.3) is 0 Å². The molecule has 0 amide bonds. The third-order valence-electron chi connectivity index (χ3n) is 2.38. The lowest BCUT2D eigenvalue weighted by Crippen LogP contribution is -1.95. The largest absolute Gasteiger partial charge is 0.0928 e. The molecule has 0 aromatic carbocycles. The zero-order valence-electron chi connectivity index (χ0n) is 8.61. The molecule has 0 aromatic heterocycles. The van der Waals surface area contributed by atoms with Gasteiger partial charge in [-0.05, 0) is 18.8 Å². The van der Waals surface area contributed by atoms with Crippen LogP contribution in [0.2, 0.25) is 0 Å². The average Bonchev–Trinajstić information content (AvgIpc) is 2.09. The van der Waals surface area contributed by atoms with Crippen molar-refractivity contribution in [2.75, 3.05) is 5.33 Å². The molecule has 12 heavy (non-hydrogen) atoms. The number of hydrogen-bond donors (Lipinski definition) is 0. The molecular formula is C11H23Br. The first-order valence-electron chi connectivity index (χ1n) is 5.37. The van der Waals surface area contributed by atoms with Gasteiger partial charge in [0.2, 0.25) is 0 Å². The van der Waals surface area contributed by atoms with Gasteiger partial charge in [-0.15, -0.1) is 0 Å². The Labute approximate surface area is 86.3 Å². The van der Waals surface area contributed by atoms with E-state index >= 15 is 0 Å². The van der Waals surface area contributed by atoms with Crippen LogP contribution in [-0.2, 0) is 0 Å². The van der Waals surface area contributed by atoms with Crippen LogP contribution in [-0.4, -0.2) is 5.33 Å². The van der Waals surface area contributed by atoms with Crippen molar-refractivity contribution >= 4 is 15.9 Å². The van der Waals surface area contributed by atoms with E-state index in [4.69, 9.17) is 0 Å². The predicted molar refractivity (Wildman–Crippen MR) is 61.0 cm³/mol. The topological polar surface area (TPSA) is 0 Å². The van der Waals surface area contributed by atoms with E-state index in [9.17, 15) is 0 Å². The molecule has 1 atom stereocenters. The quantitative estimate of drug-likeness (QED) is 0.420. The van der Waals surface area contributed by atoms with Gasteiger partial charge in [-0.2, -0.15) is 0 Å². The van der Waals surface area contributed by atoms with Crippen molar-refractivity contribution in [1.82, 2.24) is 0 Å². The molecule has 0 unspecified atom stereocenters. The Morgan fingerprint density at radius 3 is 2.25 bits per heavy atom. The third-order valence-corrected chi connectivity index (χ3v) is 2.94. The highest BCUT2D eigenvalue weighted by Crippen LogP contribution is 2.15. The minimum absolute atomic E-state index is 0.944. The summed E-state index contributed by atoms with van der Waals surface area (Å²) in [5.41, 5.74) is 0. The first kappa shape index (κ1) is 12.5. The van der Waals surface area contributed by atoms with E-state index < -0.39 is 0 Å². The summed E-state index contributed by atoms with van der Waals surface area (Å²) < 4.78 is 0. The maximum absolute atomic E-state index is 3.47. The van der Waals surface area contributed by atoms with E-state index in [-0.39, 0.29) is 0 Å². The highest BCUT2D eigenvalue weighted by atomic mass is 79.9. The van der Waals surface area contributed by atoms with Gasteiger partial charge in [0.15, 0.2) is 0 Å². The lowest BCUT2D eigenvalue weighted by atomic mass is 9.98. The fraction of sp³-hybridized carbons (Fsp3) is 1.00. The Balaban J connectivity index is 3.02. The van der Waals surface area contributed by atoms with Gasteiger partial charge >= 0.3 is 0 Å². The van der Waals surface area contributed by atoms with Crippen molar-refractivity contribution in [1.29, 1.82) is 0 Å². The van der Waals surface area contributed by atoms with Crippen LogP contribution in [0.1, 0.15) is 58.8 Å².